The minimum atomic E-state index is 0.378. The highest BCUT2D eigenvalue weighted by atomic mass is 16.5. The zero-order valence-electron chi connectivity index (χ0n) is 12.8. The van der Waals surface area contributed by atoms with Gasteiger partial charge in [-0.2, -0.15) is 0 Å². The smallest absolute Gasteiger partial charge is 0.137 e. The average molecular weight is 264 g/mol. The van der Waals surface area contributed by atoms with Crippen molar-refractivity contribution in [3.8, 4) is 5.75 Å². The van der Waals surface area contributed by atoms with Crippen molar-refractivity contribution in [2.24, 2.45) is 5.92 Å². The number of pyridine rings is 1. The van der Waals surface area contributed by atoms with Crippen molar-refractivity contribution in [3.63, 3.8) is 0 Å². The molecule has 0 radical (unpaired) electrons. The molecule has 1 N–H and O–H groups in total. The van der Waals surface area contributed by atoms with Gasteiger partial charge in [0.25, 0.3) is 0 Å². The van der Waals surface area contributed by atoms with Gasteiger partial charge in [-0.3, -0.25) is 4.98 Å². The Morgan fingerprint density at radius 3 is 2.47 bits per heavy atom. The number of nitrogens with one attached hydrogen (secondary N) is 1. The lowest BCUT2D eigenvalue weighted by Gasteiger charge is -2.27. The largest absolute Gasteiger partial charge is 0.492 e. The fraction of sp³-hybridized carbons (Fsp3) is 0.688. The van der Waals surface area contributed by atoms with Crippen molar-refractivity contribution in [1.29, 1.82) is 0 Å². The van der Waals surface area contributed by atoms with Crippen molar-refractivity contribution in [2.45, 2.75) is 53.0 Å². The highest BCUT2D eigenvalue weighted by Gasteiger charge is 2.20. The van der Waals surface area contributed by atoms with Crippen LogP contribution in [0.25, 0.3) is 0 Å². The second-order valence-corrected chi connectivity index (χ2v) is 4.90. The molecule has 1 rings (SSSR count). The van der Waals surface area contributed by atoms with E-state index >= 15 is 0 Å². The first kappa shape index (κ1) is 16.0. The molecule has 1 atom stereocenters. The van der Waals surface area contributed by atoms with Gasteiger partial charge < -0.3 is 10.1 Å². The van der Waals surface area contributed by atoms with Crippen LogP contribution in [0.1, 0.15) is 58.6 Å². The molecule has 0 saturated heterocycles. The second-order valence-electron chi connectivity index (χ2n) is 4.90. The van der Waals surface area contributed by atoms with E-state index < -0.39 is 0 Å². The van der Waals surface area contributed by atoms with Crippen LogP contribution in [0.4, 0.5) is 0 Å². The van der Waals surface area contributed by atoms with Gasteiger partial charge in [0.05, 0.1) is 12.8 Å². The molecule has 0 aliphatic heterocycles. The highest BCUT2D eigenvalue weighted by Crippen LogP contribution is 2.28. The Balaban J connectivity index is 2.91. The molecule has 1 heterocycles. The summed E-state index contributed by atoms with van der Waals surface area (Å²) in [5.74, 6) is 1.51. The maximum atomic E-state index is 5.56. The third-order valence-electron chi connectivity index (χ3n) is 3.54. The van der Waals surface area contributed by atoms with Crippen molar-refractivity contribution >= 4 is 0 Å². The van der Waals surface area contributed by atoms with Gasteiger partial charge in [0, 0.05) is 12.2 Å². The maximum absolute atomic E-state index is 5.56. The van der Waals surface area contributed by atoms with E-state index in [0.29, 0.717) is 18.6 Å². The molecule has 0 aromatic carbocycles. The van der Waals surface area contributed by atoms with Gasteiger partial charge in [-0.05, 0) is 37.4 Å². The molecule has 1 aromatic rings. The summed E-state index contributed by atoms with van der Waals surface area (Å²) >= 11 is 0. The van der Waals surface area contributed by atoms with Crippen LogP contribution in [-0.2, 0) is 0 Å². The zero-order valence-corrected chi connectivity index (χ0v) is 12.8. The molecule has 0 saturated carbocycles. The Labute approximate surface area is 117 Å². The molecule has 1 aromatic heterocycles. The second kappa shape index (κ2) is 8.92. The number of rotatable bonds is 9. The predicted octanol–water partition coefficient (Wildman–Crippen LogP) is 3.96. The normalized spacial score (nSPS) is 12.7. The zero-order chi connectivity index (χ0) is 14.1. The van der Waals surface area contributed by atoms with Crippen LogP contribution >= 0.6 is 0 Å². The Bertz CT molecular complexity index is 350. The van der Waals surface area contributed by atoms with Crippen molar-refractivity contribution in [3.05, 3.63) is 24.0 Å². The maximum Gasteiger partial charge on any atom is 0.137 e. The molecule has 3 nitrogen and oxygen atoms in total. The van der Waals surface area contributed by atoms with E-state index in [2.05, 4.69) is 37.1 Å². The van der Waals surface area contributed by atoms with Crippen LogP contribution in [0, 0.1) is 5.92 Å². The summed E-state index contributed by atoms with van der Waals surface area (Å²) in [5, 5.41) is 3.66. The molecular weight excluding hydrogens is 236 g/mol. The van der Waals surface area contributed by atoms with Crippen molar-refractivity contribution in [2.75, 3.05) is 13.2 Å². The number of hydrogen-bond donors (Lipinski definition) is 1. The Kier molecular flexibility index (Phi) is 7.49. The third kappa shape index (κ3) is 4.83. The topological polar surface area (TPSA) is 34.2 Å². The monoisotopic (exact) mass is 264 g/mol. The minimum Gasteiger partial charge on any atom is -0.492 e. The summed E-state index contributed by atoms with van der Waals surface area (Å²) in [7, 11) is 0. The average Bonchev–Trinajstić information content (AvgIpc) is 2.44. The first-order valence-electron chi connectivity index (χ1n) is 7.57. The van der Waals surface area contributed by atoms with E-state index in [1.807, 2.05) is 13.1 Å². The van der Waals surface area contributed by atoms with Crippen LogP contribution in [0.15, 0.2) is 18.5 Å². The number of nitrogens with zero attached hydrogens (tertiary/aromatic N) is 1. The molecular formula is C16H28N2O. The van der Waals surface area contributed by atoms with E-state index in [4.69, 9.17) is 4.74 Å². The highest BCUT2D eigenvalue weighted by molar-refractivity contribution is 5.26. The fourth-order valence-electron chi connectivity index (χ4n) is 2.47. The molecule has 0 bridgehead atoms. The van der Waals surface area contributed by atoms with Gasteiger partial charge in [0.15, 0.2) is 0 Å². The molecule has 0 amide bonds. The summed E-state index contributed by atoms with van der Waals surface area (Å²) in [5.41, 5.74) is 1.24. The number of ether oxygens (including phenoxy) is 1. The SMILES string of the molecule is CCCNC(c1cncc(OCC)c1)C(CC)CC. The fourth-order valence-corrected chi connectivity index (χ4v) is 2.47. The predicted molar refractivity (Wildman–Crippen MR) is 80.5 cm³/mol. The Morgan fingerprint density at radius 1 is 1.16 bits per heavy atom. The van der Waals surface area contributed by atoms with Crippen molar-refractivity contribution in [1.82, 2.24) is 10.3 Å². The summed E-state index contributed by atoms with van der Waals surface area (Å²) in [6, 6.07) is 2.50. The van der Waals surface area contributed by atoms with Crippen LogP contribution in [0.5, 0.6) is 5.75 Å². The lowest BCUT2D eigenvalue weighted by atomic mass is 9.89. The molecule has 0 aliphatic carbocycles. The van der Waals surface area contributed by atoms with E-state index in [1.165, 1.54) is 18.4 Å². The molecule has 19 heavy (non-hydrogen) atoms. The molecule has 1 unspecified atom stereocenters. The van der Waals surface area contributed by atoms with Gasteiger partial charge in [0.2, 0.25) is 0 Å². The summed E-state index contributed by atoms with van der Waals surface area (Å²) in [6.07, 6.45) is 7.26. The molecule has 108 valence electrons. The van der Waals surface area contributed by atoms with Gasteiger partial charge in [0.1, 0.15) is 5.75 Å². The van der Waals surface area contributed by atoms with Crippen LogP contribution in [0.3, 0.4) is 0 Å². The lowest BCUT2D eigenvalue weighted by molar-refractivity contribution is 0.327. The van der Waals surface area contributed by atoms with E-state index in [-0.39, 0.29) is 0 Å². The first-order chi connectivity index (χ1) is 9.26. The van der Waals surface area contributed by atoms with Gasteiger partial charge >= 0.3 is 0 Å². The molecule has 0 fully saturated rings. The summed E-state index contributed by atoms with van der Waals surface area (Å²) in [6.45, 7) is 10.4. The van der Waals surface area contributed by atoms with E-state index in [1.54, 1.807) is 6.20 Å². The molecule has 3 heteroatoms. The van der Waals surface area contributed by atoms with Gasteiger partial charge in [-0.25, -0.2) is 0 Å². The Hall–Kier alpha value is -1.09. The first-order valence-corrected chi connectivity index (χ1v) is 7.57. The number of aromatic nitrogens is 1. The van der Waals surface area contributed by atoms with E-state index in [9.17, 15) is 0 Å². The van der Waals surface area contributed by atoms with E-state index in [0.717, 1.165) is 18.7 Å². The Morgan fingerprint density at radius 2 is 1.89 bits per heavy atom. The van der Waals surface area contributed by atoms with Crippen LogP contribution in [0.2, 0.25) is 0 Å². The minimum absolute atomic E-state index is 0.378. The van der Waals surface area contributed by atoms with Crippen LogP contribution < -0.4 is 10.1 Å². The molecule has 0 aliphatic rings. The van der Waals surface area contributed by atoms with Crippen LogP contribution in [-0.4, -0.2) is 18.1 Å². The van der Waals surface area contributed by atoms with Gasteiger partial charge in [-0.1, -0.05) is 33.6 Å². The number of hydrogen-bond acceptors (Lipinski definition) is 3. The standard InChI is InChI=1S/C16H28N2O/c1-5-9-18-16(13(6-2)7-3)14-10-15(19-8-4)12-17-11-14/h10-13,16,18H,5-9H2,1-4H3. The molecule has 0 spiro atoms. The summed E-state index contributed by atoms with van der Waals surface area (Å²) < 4.78 is 5.56. The third-order valence-corrected chi connectivity index (χ3v) is 3.54. The van der Waals surface area contributed by atoms with Crippen molar-refractivity contribution < 1.29 is 4.74 Å². The quantitative estimate of drug-likeness (QED) is 0.733. The lowest BCUT2D eigenvalue weighted by Crippen LogP contribution is -2.28. The van der Waals surface area contributed by atoms with Gasteiger partial charge in [-0.15, -0.1) is 0 Å². The summed E-state index contributed by atoms with van der Waals surface area (Å²) in [4.78, 5) is 4.32.